The predicted octanol–water partition coefficient (Wildman–Crippen LogP) is 3.60. The molecule has 142 valence electrons. The van der Waals surface area contributed by atoms with Crippen LogP contribution in [0.25, 0.3) is 0 Å². The van der Waals surface area contributed by atoms with Crippen molar-refractivity contribution in [2.45, 2.75) is 18.9 Å². The number of amides is 2. The van der Waals surface area contributed by atoms with Gasteiger partial charge in [0, 0.05) is 11.6 Å². The first-order valence-corrected chi connectivity index (χ1v) is 9.01. The van der Waals surface area contributed by atoms with E-state index in [0.717, 1.165) is 6.42 Å². The molecule has 1 aliphatic heterocycles. The van der Waals surface area contributed by atoms with Crippen molar-refractivity contribution in [2.24, 2.45) is 0 Å². The lowest BCUT2D eigenvalue weighted by atomic mass is 10.1. The molecule has 3 rings (SSSR count). The number of rotatable bonds is 5. The second-order valence-corrected chi connectivity index (χ2v) is 6.63. The number of methoxy groups -OCH3 is 2. The zero-order valence-corrected chi connectivity index (χ0v) is 16.0. The molecule has 6 nitrogen and oxygen atoms in total. The zero-order valence-electron chi connectivity index (χ0n) is 15.2. The fourth-order valence-electron chi connectivity index (χ4n) is 3.25. The molecule has 1 saturated heterocycles. The number of carbonyl (C=O) groups excluding carboxylic acids is 2. The van der Waals surface area contributed by atoms with Crippen LogP contribution in [0.5, 0.6) is 11.5 Å². The second kappa shape index (κ2) is 8.31. The number of nitrogens with zero attached hydrogens (tertiary/aromatic N) is 1. The Bertz CT molecular complexity index is 856. The number of hydrogen-bond acceptors (Lipinski definition) is 4. The van der Waals surface area contributed by atoms with Crippen molar-refractivity contribution in [1.29, 1.82) is 0 Å². The molecule has 2 aromatic carbocycles. The van der Waals surface area contributed by atoms with Gasteiger partial charge in [-0.2, -0.15) is 0 Å². The van der Waals surface area contributed by atoms with Crippen molar-refractivity contribution in [3.63, 3.8) is 0 Å². The second-order valence-electron chi connectivity index (χ2n) is 6.19. The van der Waals surface area contributed by atoms with Crippen LogP contribution >= 0.6 is 11.6 Å². The smallest absolute Gasteiger partial charge is 0.258 e. The first-order chi connectivity index (χ1) is 13.0. The molecule has 2 amide bonds. The van der Waals surface area contributed by atoms with Gasteiger partial charge in [-0.05, 0) is 43.2 Å². The highest BCUT2D eigenvalue weighted by Crippen LogP contribution is 2.29. The maximum Gasteiger partial charge on any atom is 0.258 e. The van der Waals surface area contributed by atoms with Crippen LogP contribution in [0.15, 0.2) is 42.5 Å². The molecule has 1 atom stereocenters. The molecule has 0 saturated carbocycles. The summed E-state index contributed by atoms with van der Waals surface area (Å²) in [5.74, 6) is 0.483. The molecule has 27 heavy (non-hydrogen) atoms. The molecule has 0 spiro atoms. The van der Waals surface area contributed by atoms with Crippen molar-refractivity contribution in [3.05, 3.63) is 53.1 Å². The number of para-hydroxylation sites is 2. The summed E-state index contributed by atoms with van der Waals surface area (Å²) in [4.78, 5) is 27.5. The number of likely N-dealkylation sites (tertiary alicyclic amines) is 1. The summed E-state index contributed by atoms with van der Waals surface area (Å²) in [6.07, 6.45) is 1.34. The predicted molar refractivity (Wildman–Crippen MR) is 104 cm³/mol. The third kappa shape index (κ3) is 4.01. The number of hydrogen-bond donors (Lipinski definition) is 1. The van der Waals surface area contributed by atoms with E-state index < -0.39 is 6.04 Å². The van der Waals surface area contributed by atoms with E-state index in [-0.39, 0.29) is 11.8 Å². The summed E-state index contributed by atoms with van der Waals surface area (Å²) in [6, 6.07) is 11.5. The SMILES string of the molecule is COc1ccccc1NC(=O)C1CCCN1C(=O)c1cc(Cl)ccc1OC. The average Bonchev–Trinajstić information content (AvgIpc) is 3.17. The summed E-state index contributed by atoms with van der Waals surface area (Å²) in [6.45, 7) is 0.499. The van der Waals surface area contributed by atoms with Crippen molar-refractivity contribution in [1.82, 2.24) is 4.90 Å². The van der Waals surface area contributed by atoms with Gasteiger partial charge >= 0.3 is 0 Å². The maximum absolute atomic E-state index is 13.1. The third-order valence-electron chi connectivity index (χ3n) is 4.57. The van der Waals surface area contributed by atoms with Gasteiger partial charge in [-0.1, -0.05) is 23.7 Å². The minimum atomic E-state index is -0.564. The summed E-state index contributed by atoms with van der Waals surface area (Å²) in [5.41, 5.74) is 0.923. The average molecular weight is 389 g/mol. The highest BCUT2D eigenvalue weighted by molar-refractivity contribution is 6.31. The van der Waals surface area contributed by atoms with E-state index in [0.29, 0.717) is 40.7 Å². The van der Waals surface area contributed by atoms with Crippen LogP contribution in [-0.4, -0.2) is 43.5 Å². The zero-order chi connectivity index (χ0) is 19.4. The molecule has 1 unspecified atom stereocenters. The van der Waals surface area contributed by atoms with Gasteiger partial charge in [0.1, 0.15) is 17.5 Å². The van der Waals surface area contributed by atoms with Gasteiger partial charge in [0.2, 0.25) is 5.91 Å². The molecular weight excluding hydrogens is 368 g/mol. The fourth-order valence-corrected chi connectivity index (χ4v) is 3.42. The number of benzene rings is 2. The number of halogens is 1. The largest absolute Gasteiger partial charge is 0.496 e. The lowest BCUT2D eigenvalue weighted by Gasteiger charge is -2.25. The van der Waals surface area contributed by atoms with E-state index in [1.807, 2.05) is 12.1 Å². The van der Waals surface area contributed by atoms with E-state index in [1.54, 1.807) is 42.3 Å². The van der Waals surface area contributed by atoms with Gasteiger partial charge in [0.25, 0.3) is 5.91 Å². The van der Waals surface area contributed by atoms with Crippen LogP contribution in [0, 0.1) is 0 Å². The van der Waals surface area contributed by atoms with Gasteiger partial charge < -0.3 is 19.7 Å². The Labute approximate surface area is 163 Å². The van der Waals surface area contributed by atoms with Crippen LogP contribution < -0.4 is 14.8 Å². The Morgan fingerprint density at radius 1 is 1.11 bits per heavy atom. The summed E-state index contributed by atoms with van der Waals surface area (Å²) in [5, 5.41) is 3.30. The van der Waals surface area contributed by atoms with E-state index in [4.69, 9.17) is 21.1 Å². The minimum Gasteiger partial charge on any atom is -0.496 e. The molecular formula is C20H21ClN2O4. The van der Waals surface area contributed by atoms with Crippen LogP contribution in [-0.2, 0) is 4.79 Å². The molecule has 2 aromatic rings. The van der Waals surface area contributed by atoms with Gasteiger partial charge in [0.15, 0.2) is 0 Å². The van der Waals surface area contributed by atoms with Crippen LogP contribution in [0.2, 0.25) is 5.02 Å². The fraction of sp³-hybridized carbons (Fsp3) is 0.300. The van der Waals surface area contributed by atoms with E-state index in [9.17, 15) is 9.59 Å². The molecule has 1 N–H and O–H groups in total. The van der Waals surface area contributed by atoms with Crippen molar-refractivity contribution < 1.29 is 19.1 Å². The van der Waals surface area contributed by atoms with Crippen LogP contribution in [0.4, 0.5) is 5.69 Å². The first kappa shape index (κ1) is 19.0. The van der Waals surface area contributed by atoms with Gasteiger partial charge in [0.05, 0.1) is 25.5 Å². The van der Waals surface area contributed by atoms with Crippen LogP contribution in [0.1, 0.15) is 23.2 Å². The normalized spacial score (nSPS) is 16.1. The van der Waals surface area contributed by atoms with Crippen molar-refractivity contribution in [2.75, 3.05) is 26.1 Å². The summed E-state index contributed by atoms with van der Waals surface area (Å²) < 4.78 is 10.5. The molecule has 1 aliphatic rings. The van der Waals surface area contributed by atoms with Crippen LogP contribution in [0.3, 0.4) is 0 Å². The molecule has 0 aliphatic carbocycles. The maximum atomic E-state index is 13.1. The Kier molecular flexibility index (Phi) is 5.86. The quantitative estimate of drug-likeness (QED) is 0.849. The minimum absolute atomic E-state index is 0.244. The number of carbonyl (C=O) groups is 2. The van der Waals surface area contributed by atoms with Crippen molar-refractivity contribution in [3.8, 4) is 11.5 Å². The van der Waals surface area contributed by atoms with E-state index in [2.05, 4.69) is 5.32 Å². The molecule has 1 fully saturated rings. The Morgan fingerprint density at radius 2 is 1.85 bits per heavy atom. The topological polar surface area (TPSA) is 67.9 Å². The van der Waals surface area contributed by atoms with Gasteiger partial charge in [-0.25, -0.2) is 0 Å². The highest BCUT2D eigenvalue weighted by atomic mass is 35.5. The molecule has 0 radical (unpaired) electrons. The Hall–Kier alpha value is -2.73. The number of anilines is 1. The van der Waals surface area contributed by atoms with Crippen molar-refractivity contribution >= 4 is 29.1 Å². The lowest BCUT2D eigenvalue weighted by molar-refractivity contribution is -0.119. The number of ether oxygens (including phenoxy) is 2. The summed E-state index contributed by atoms with van der Waals surface area (Å²) in [7, 11) is 3.04. The van der Waals surface area contributed by atoms with Gasteiger partial charge in [-0.15, -0.1) is 0 Å². The molecule has 7 heteroatoms. The van der Waals surface area contributed by atoms with Gasteiger partial charge in [-0.3, -0.25) is 9.59 Å². The Morgan fingerprint density at radius 3 is 2.59 bits per heavy atom. The summed E-state index contributed by atoms with van der Waals surface area (Å²) >= 11 is 6.04. The first-order valence-electron chi connectivity index (χ1n) is 8.63. The number of nitrogens with one attached hydrogen (secondary N) is 1. The molecule has 0 bridgehead atoms. The lowest BCUT2D eigenvalue weighted by Crippen LogP contribution is -2.43. The van der Waals surface area contributed by atoms with E-state index in [1.165, 1.54) is 7.11 Å². The third-order valence-corrected chi connectivity index (χ3v) is 4.81. The van der Waals surface area contributed by atoms with E-state index >= 15 is 0 Å². The standard InChI is InChI=1S/C20H21ClN2O4/c1-26-17-10-9-13(21)12-14(17)20(25)23-11-5-7-16(23)19(24)22-15-6-3-4-8-18(15)27-2/h3-4,6,8-10,12,16H,5,7,11H2,1-2H3,(H,22,24). The highest BCUT2D eigenvalue weighted by Gasteiger charge is 2.35. The Balaban J connectivity index is 1.82. The monoisotopic (exact) mass is 388 g/mol. The molecule has 0 aromatic heterocycles. The molecule has 1 heterocycles.